The van der Waals surface area contributed by atoms with Crippen LogP contribution in [0.3, 0.4) is 0 Å². The van der Waals surface area contributed by atoms with Gasteiger partial charge in [0, 0.05) is 6.20 Å². The molecular formula is C9H5N5O. The van der Waals surface area contributed by atoms with Crippen molar-refractivity contribution in [3.8, 4) is 11.9 Å². The van der Waals surface area contributed by atoms with E-state index in [-0.39, 0.29) is 5.69 Å². The lowest BCUT2D eigenvalue weighted by Crippen LogP contribution is -2.01. The van der Waals surface area contributed by atoms with E-state index in [2.05, 4.69) is 15.2 Å². The molecule has 6 nitrogen and oxygen atoms in total. The molecule has 0 N–H and O–H groups in total. The average molecular weight is 199 g/mol. The van der Waals surface area contributed by atoms with Crippen LogP contribution in [0.2, 0.25) is 0 Å². The van der Waals surface area contributed by atoms with Crippen LogP contribution >= 0.6 is 0 Å². The molecular weight excluding hydrogens is 194 g/mol. The van der Waals surface area contributed by atoms with Gasteiger partial charge in [0.1, 0.15) is 11.8 Å². The normalized spacial score (nSPS) is 9.53. The van der Waals surface area contributed by atoms with Crippen molar-refractivity contribution < 1.29 is 4.79 Å². The summed E-state index contributed by atoms with van der Waals surface area (Å²) in [6.07, 6.45) is 3.36. The van der Waals surface area contributed by atoms with Gasteiger partial charge in [-0.1, -0.05) is 0 Å². The van der Waals surface area contributed by atoms with Crippen molar-refractivity contribution in [3.05, 3.63) is 35.8 Å². The molecule has 2 rings (SSSR count). The van der Waals surface area contributed by atoms with Crippen molar-refractivity contribution in [2.75, 3.05) is 0 Å². The molecule has 0 unspecified atom stereocenters. The number of nitrogens with zero attached hydrogens (tertiary/aromatic N) is 5. The Morgan fingerprint density at radius 1 is 1.40 bits per heavy atom. The lowest BCUT2D eigenvalue weighted by Gasteiger charge is -1.96. The molecule has 0 bridgehead atoms. The maximum Gasteiger partial charge on any atom is 0.174 e. The Morgan fingerprint density at radius 2 is 2.27 bits per heavy atom. The highest BCUT2D eigenvalue weighted by molar-refractivity contribution is 5.70. The number of rotatable bonds is 2. The first-order valence-electron chi connectivity index (χ1n) is 4.07. The van der Waals surface area contributed by atoms with Crippen LogP contribution in [-0.2, 0) is 0 Å². The highest BCUT2D eigenvalue weighted by Gasteiger charge is 2.02. The Morgan fingerprint density at radius 3 is 2.80 bits per heavy atom. The summed E-state index contributed by atoms with van der Waals surface area (Å²) in [6, 6.07) is 5.16. The van der Waals surface area contributed by atoms with E-state index in [4.69, 9.17) is 5.26 Å². The standard InChI is InChI=1S/C9H5N5O/c10-3-7-1-2-9(11-4-7)14-12-5-8(6-15)13-14/h1-2,4-6H. The minimum Gasteiger partial charge on any atom is -0.296 e. The van der Waals surface area contributed by atoms with Crippen LogP contribution in [0, 0.1) is 11.3 Å². The fraction of sp³-hybridized carbons (Fsp3) is 0. The second-order valence-corrected chi connectivity index (χ2v) is 2.69. The smallest absolute Gasteiger partial charge is 0.174 e. The van der Waals surface area contributed by atoms with Gasteiger partial charge < -0.3 is 0 Å². The largest absolute Gasteiger partial charge is 0.296 e. The van der Waals surface area contributed by atoms with E-state index in [1.165, 1.54) is 17.2 Å². The van der Waals surface area contributed by atoms with Gasteiger partial charge in [0.05, 0.1) is 11.8 Å². The summed E-state index contributed by atoms with van der Waals surface area (Å²) in [5.74, 6) is 0.460. The van der Waals surface area contributed by atoms with E-state index < -0.39 is 0 Å². The second-order valence-electron chi connectivity index (χ2n) is 2.69. The predicted octanol–water partition coefficient (Wildman–Crippen LogP) is 0.346. The number of pyridine rings is 1. The monoisotopic (exact) mass is 199 g/mol. The fourth-order valence-electron chi connectivity index (χ4n) is 1.01. The Hall–Kier alpha value is -2.55. The maximum atomic E-state index is 10.4. The highest BCUT2D eigenvalue weighted by atomic mass is 16.1. The van der Waals surface area contributed by atoms with Gasteiger partial charge in [-0.2, -0.15) is 10.4 Å². The molecule has 2 aromatic heterocycles. The lowest BCUT2D eigenvalue weighted by molar-refractivity contribution is 0.111. The Kier molecular flexibility index (Phi) is 2.21. The van der Waals surface area contributed by atoms with Crippen LogP contribution in [0.5, 0.6) is 0 Å². The first-order chi connectivity index (χ1) is 7.33. The Balaban J connectivity index is 2.37. The molecule has 0 aliphatic heterocycles. The number of aldehydes is 1. The summed E-state index contributed by atoms with van der Waals surface area (Å²) in [5.41, 5.74) is 0.697. The van der Waals surface area contributed by atoms with Crippen molar-refractivity contribution in [2.24, 2.45) is 0 Å². The summed E-state index contributed by atoms with van der Waals surface area (Å²) < 4.78 is 0. The third-order valence-corrected chi connectivity index (χ3v) is 1.71. The van der Waals surface area contributed by atoms with Gasteiger partial charge in [-0.05, 0) is 12.1 Å². The topological polar surface area (TPSA) is 84.5 Å². The zero-order valence-electron chi connectivity index (χ0n) is 7.53. The van der Waals surface area contributed by atoms with Gasteiger partial charge in [-0.15, -0.1) is 9.90 Å². The lowest BCUT2D eigenvalue weighted by atomic mass is 10.3. The number of nitriles is 1. The maximum absolute atomic E-state index is 10.4. The van der Waals surface area contributed by atoms with Crippen LogP contribution in [0.4, 0.5) is 0 Å². The molecule has 0 amide bonds. The fourth-order valence-corrected chi connectivity index (χ4v) is 1.01. The molecule has 0 aromatic carbocycles. The molecule has 2 heterocycles. The third-order valence-electron chi connectivity index (χ3n) is 1.71. The van der Waals surface area contributed by atoms with Gasteiger partial charge >= 0.3 is 0 Å². The van der Waals surface area contributed by atoms with E-state index in [9.17, 15) is 4.79 Å². The predicted molar refractivity (Wildman–Crippen MR) is 49.3 cm³/mol. The van der Waals surface area contributed by atoms with Crippen molar-refractivity contribution in [2.45, 2.75) is 0 Å². The molecule has 0 saturated carbocycles. The summed E-state index contributed by atoms with van der Waals surface area (Å²) >= 11 is 0. The minimum absolute atomic E-state index is 0.237. The van der Waals surface area contributed by atoms with Crippen molar-refractivity contribution >= 4 is 6.29 Å². The molecule has 0 aliphatic carbocycles. The molecule has 0 radical (unpaired) electrons. The molecule has 0 saturated heterocycles. The quantitative estimate of drug-likeness (QED) is 0.651. The van der Waals surface area contributed by atoms with Crippen LogP contribution in [0.1, 0.15) is 16.1 Å². The van der Waals surface area contributed by atoms with Gasteiger partial charge in [0.25, 0.3) is 0 Å². The minimum atomic E-state index is 0.237. The molecule has 72 valence electrons. The Bertz CT molecular complexity index is 522. The number of carbonyl (C=O) groups excluding carboxylic acids is 1. The molecule has 0 fully saturated rings. The number of aromatic nitrogens is 4. The van der Waals surface area contributed by atoms with E-state index in [0.29, 0.717) is 17.7 Å². The molecule has 0 spiro atoms. The van der Waals surface area contributed by atoms with E-state index in [1.807, 2.05) is 6.07 Å². The third kappa shape index (κ3) is 1.71. The number of carbonyl (C=O) groups is 1. The zero-order valence-corrected chi connectivity index (χ0v) is 7.53. The van der Waals surface area contributed by atoms with Gasteiger partial charge in [0.15, 0.2) is 12.1 Å². The van der Waals surface area contributed by atoms with Crippen molar-refractivity contribution in [1.29, 1.82) is 5.26 Å². The van der Waals surface area contributed by atoms with Crippen LogP contribution in [0.25, 0.3) is 5.82 Å². The number of hydrogen-bond donors (Lipinski definition) is 0. The van der Waals surface area contributed by atoms with E-state index in [0.717, 1.165) is 0 Å². The summed E-state index contributed by atoms with van der Waals surface area (Å²) in [5, 5.41) is 16.3. The summed E-state index contributed by atoms with van der Waals surface area (Å²) in [4.78, 5) is 15.6. The van der Waals surface area contributed by atoms with Gasteiger partial charge in [-0.25, -0.2) is 4.98 Å². The van der Waals surface area contributed by atoms with Crippen LogP contribution < -0.4 is 0 Å². The zero-order chi connectivity index (χ0) is 10.7. The van der Waals surface area contributed by atoms with Crippen molar-refractivity contribution in [3.63, 3.8) is 0 Å². The molecule has 0 atom stereocenters. The van der Waals surface area contributed by atoms with Crippen molar-refractivity contribution in [1.82, 2.24) is 20.0 Å². The Labute approximate surface area is 84.8 Å². The van der Waals surface area contributed by atoms with Crippen LogP contribution in [-0.4, -0.2) is 26.3 Å². The first kappa shape index (κ1) is 9.02. The number of hydrogen-bond acceptors (Lipinski definition) is 5. The molecule has 15 heavy (non-hydrogen) atoms. The van der Waals surface area contributed by atoms with Crippen LogP contribution in [0.15, 0.2) is 24.5 Å². The average Bonchev–Trinajstić information content (AvgIpc) is 2.78. The molecule has 6 heteroatoms. The first-order valence-corrected chi connectivity index (χ1v) is 4.07. The summed E-state index contributed by atoms with van der Waals surface area (Å²) in [6.45, 7) is 0. The highest BCUT2D eigenvalue weighted by Crippen LogP contribution is 2.02. The summed E-state index contributed by atoms with van der Waals surface area (Å²) in [7, 11) is 0. The SMILES string of the molecule is N#Cc1ccc(-n2ncc(C=O)n2)nc1. The molecule has 0 aliphatic rings. The van der Waals surface area contributed by atoms with E-state index in [1.54, 1.807) is 12.1 Å². The van der Waals surface area contributed by atoms with E-state index >= 15 is 0 Å². The van der Waals surface area contributed by atoms with Gasteiger partial charge in [-0.3, -0.25) is 4.79 Å². The van der Waals surface area contributed by atoms with Gasteiger partial charge in [0.2, 0.25) is 0 Å². The second kappa shape index (κ2) is 3.67. The molecule has 2 aromatic rings.